The van der Waals surface area contributed by atoms with Crippen LogP contribution in [0.1, 0.15) is 117 Å². The fraction of sp³-hybridized carbons (Fsp3) is 0.540. The monoisotopic (exact) mass is 1120 g/mol. The maximum atomic E-state index is 14.4. The Balaban J connectivity index is 1.05. The normalized spacial score (nSPS) is 19.1. The minimum Gasteiger partial charge on any atom is -0.497 e. The number of ether oxygens (including phenoxy) is 4. The lowest BCUT2D eigenvalue weighted by Gasteiger charge is -2.35. The van der Waals surface area contributed by atoms with E-state index in [-0.39, 0.29) is 49.3 Å². The number of fused-ring (bicyclic) bond motifs is 3. The molecule has 1 aliphatic carbocycles. The van der Waals surface area contributed by atoms with E-state index in [1.54, 1.807) is 39.2 Å². The summed E-state index contributed by atoms with van der Waals surface area (Å²) in [7, 11) is 4.59. The Morgan fingerprint density at radius 2 is 1.54 bits per heavy atom. The Hall–Kier alpha value is -6.46. The highest BCUT2D eigenvalue weighted by atomic mass is 32.2. The SMILES string of the molecule is C=CCOC(=O)[C@H]([C@@H](C)CC)N(C)C(=O)[C@H](C)N(C)C(=O)[C@H](Cc1ccc(OC)cc1)NC(=O)/C(C)=C/[C@H]1CSC([C@@H](C)[C@@H](O)C[C@H](C)C[C@H](OC(=O)[C@@H]2CCCN2C(=O)OCC2c3ccccc3-c3ccccc32)C(C)(C)C)=N1. The first-order chi connectivity index (χ1) is 38.0. The molecule has 434 valence electrons. The number of aliphatic hydroxyl groups is 1. The Labute approximate surface area is 478 Å². The molecule has 1 saturated heterocycles. The van der Waals surface area contributed by atoms with Crippen LogP contribution in [0.15, 0.2) is 102 Å². The van der Waals surface area contributed by atoms with Gasteiger partial charge < -0.3 is 39.2 Å². The summed E-state index contributed by atoms with van der Waals surface area (Å²) in [5.74, 6) is -2.00. The summed E-state index contributed by atoms with van der Waals surface area (Å²) in [5, 5.41) is 15.3. The average molecular weight is 1120 g/mol. The molecule has 0 saturated carbocycles. The van der Waals surface area contributed by atoms with Crippen molar-refractivity contribution in [2.24, 2.45) is 28.2 Å². The lowest BCUT2D eigenvalue weighted by molar-refractivity contribution is -0.161. The highest BCUT2D eigenvalue weighted by Gasteiger charge is 2.42. The van der Waals surface area contributed by atoms with Gasteiger partial charge in [-0.1, -0.05) is 134 Å². The summed E-state index contributed by atoms with van der Waals surface area (Å²) in [5.41, 5.74) is 5.17. The molecule has 80 heavy (non-hydrogen) atoms. The molecule has 2 aliphatic heterocycles. The molecule has 2 N–H and O–H groups in total. The van der Waals surface area contributed by atoms with Gasteiger partial charge in [0.05, 0.1) is 24.3 Å². The Morgan fingerprint density at radius 1 is 0.900 bits per heavy atom. The highest BCUT2D eigenvalue weighted by molar-refractivity contribution is 8.14. The zero-order chi connectivity index (χ0) is 58.6. The number of hydrogen-bond acceptors (Lipinski definition) is 13. The quantitative estimate of drug-likeness (QED) is 0.0354. The van der Waals surface area contributed by atoms with Gasteiger partial charge in [0.2, 0.25) is 17.7 Å². The van der Waals surface area contributed by atoms with Crippen LogP contribution >= 0.6 is 11.8 Å². The molecule has 0 spiro atoms. The zero-order valence-electron chi connectivity index (χ0n) is 48.9. The van der Waals surface area contributed by atoms with Crippen LogP contribution < -0.4 is 10.1 Å². The molecule has 3 aromatic rings. The number of aliphatic hydroxyl groups excluding tert-OH is 1. The number of nitrogens with zero attached hydrogens (tertiary/aromatic N) is 4. The van der Waals surface area contributed by atoms with Crippen molar-refractivity contribution in [1.29, 1.82) is 0 Å². The van der Waals surface area contributed by atoms with E-state index in [0.717, 1.165) is 32.9 Å². The van der Waals surface area contributed by atoms with Gasteiger partial charge in [-0.15, -0.1) is 11.8 Å². The maximum absolute atomic E-state index is 14.4. The molecule has 10 atom stereocenters. The molecule has 16 nitrogen and oxygen atoms in total. The van der Waals surface area contributed by atoms with Crippen LogP contribution in [0.2, 0.25) is 0 Å². The van der Waals surface area contributed by atoms with Crippen LogP contribution in [0, 0.1) is 23.2 Å². The minimum absolute atomic E-state index is 0.00219. The third kappa shape index (κ3) is 15.5. The predicted octanol–water partition coefficient (Wildman–Crippen LogP) is 9.42. The number of amides is 4. The number of thioether (sulfide) groups is 1. The molecule has 3 aromatic carbocycles. The number of nitrogens with one attached hydrogen (secondary N) is 1. The second-order valence-electron chi connectivity index (χ2n) is 23.0. The first-order valence-corrected chi connectivity index (χ1v) is 29.1. The topological polar surface area (TPSA) is 194 Å². The maximum Gasteiger partial charge on any atom is 0.410 e. The summed E-state index contributed by atoms with van der Waals surface area (Å²) in [6.45, 7) is 21.2. The van der Waals surface area contributed by atoms with Crippen molar-refractivity contribution in [2.75, 3.05) is 46.7 Å². The van der Waals surface area contributed by atoms with Crippen molar-refractivity contribution >= 4 is 52.6 Å². The summed E-state index contributed by atoms with van der Waals surface area (Å²) in [6.07, 6.45) is 4.20. The van der Waals surface area contributed by atoms with Gasteiger partial charge in [-0.2, -0.15) is 0 Å². The second kappa shape index (κ2) is 28.3. The van der Waals surface area contributed by atoms with E-state index < -0.39 is 77.5 Å². The standard InChI is InChI=1S/C63H85N5O11S/c1-14-31-77-61(74)55(39(4)15-2)67(12)58(71)42(7)66(11)59(72)51(35-43-26-28-45(76-13)29-27-43)65-56(70)40(5)34-44-37-80-57(64-44)41(6)53(69)32-38(3)33-54(63(8,9)10)79-60(73)52-25-20-30-68(52)62(75)78-36-50-48-23-18-16-21-46(48)47-22-17-19-24-49(47)50/h14,16-19,21-24,26-29,34,38-39,41-42,44,50-55,69H,1,15,20,25,30-33,35-37H2,2-13H3,(H,65,70)/b40-34+/t38-,39-,41-,42-,44-,51-,52-,53-,54-,55-/m0/s1. The Morgan fingerprint density at radius 3 is 2.14 bits per heavy atom. The van der Waals surface area contributed by atoms with E-state index in [2.05, 4.69) is 36.2 Å². The molecule has 2 heterocycles. The van der Waals surface area contributed by atoms with Gasteiger partial charge in [0.15, 0.2) is 0 Å². The zero-order valence-corrected chi connectivity index (χ0v) is 49.8. The van der Waals surface area contributed by atoms with Crippen LogP contribution in [-0.4, -0.2) is 150 Å². The van der Waals surface area contributed by atoms with Gasteiger partial charge in [-0.05, 0) is 96.7 Å². The van der Waals surface area contributed by atoms with Crippen molar-refractivity contribution < 1.29 is 52.8 Å². The van der Waals surface area contributed by atoms with Gasteiger partial charge in [-0.25, -0.2) is 14.4 Å². The van der Waals surface area contributed by atoms with Gasteiger partial charge >= 0.3 is 18.0 Å². The van der Waals surface area contributed by atoms with Gasteiger partial charge in [0, 0.05) is 50.2 Å². The third-order valence-electron chi connectivity index (χ3n) is 16.1. The first kappa shape index (κ1) is 62.7. The van der Waals surface area contributed by atoms with E-state index in [0.29, 0.717) is 55.7 Å². The Kier molecular flexibility index (Phi) is 22.2. The van der Waals surface area contributed by atoms with Crippen molar-refractivity contribution in [3.05, 3.63) is 114 Å². The smallest absolute Gasteiger partial charge is 0.410 e. The molecule has 0 aromatic heterocycles. The van der Waals surface area contributed by atoms with Crippen LogP contribution in [0.25, 0.3) is 11.1 Å². The number of carbonyl (C=O) groups is 6. The number of esters is 2. The number of benzene rings is 3. The summed E-state index contributed by atoms with van der Waals surface area (Å²) in [4.78, 5) is 92.2. The lowest BCUT2D eigenvalue weighted by Crippen LogP contribution is -2.57. The van der Waals surface area contributed by atoms with Gasteiger partial charge in [0.1, 0.15) is 49.2 Å². The van der Waals surface area contributed by atoms with Crippen molar-refractivity contribution in [1.82, 2.24) is 20.0 Å². The van der Waals surface area contributed by atoms with Crippen molar-refractivity contribution in [2.45, 2.75) is 149 Å². The fourth-order valence-corrected chi connectivity index (χ4v) is 11.9. The van der Waals surface area contributed by atoms with Gasteiger partial charge in [0.25, 0.3) is 0 Å². The molecular formula is C63H85N5O11S. The predicted molar refractivity (Wildman–Crippen MR) is 313 cm³/mol. The molecular weight excluding hydrogens is 1030 g/mol. The molecule has 1 fully saturated rings. The molecule has 17 heteroatoms. The van der Waals surface area contributed by atoms with Crippen LogP contribution in [0.5, 0.6) is 5.75 Å². The number of carbonyl (C=O) groups excluding carboxylic acids is 6. The van der Waals surface area contributed by atoms with Crippen molar-refractivity contribution in [3.63, 3.8) is 0 Å². The summed E-state index contributed by atoms with van der Waals surface area (Å²) < 4.78 is 22.9. The molecule has 6 rings (SSSR count). The molecule has 4 amide bonds. The van der Waals surface area contributed by atoms with E-state index >= 15 is 0 Å². The number of rotatable bonds is 25. The molecule has 3 aliphatic rings. The van der Waals surface area contributed by atoms with E-state index in [1.165, 1.54) is 46.6 Å². The van der Waals surface area contributed by atoms with Gasteiger partial charge in [-0.3, -0.25) is 24.3 Å². The number of hydrogen-bond donors (Lipinski definition) is 2. The number of methoxy groups -OCH3 is 1. The number of likely N-dealkylation sites (tertiary alicyclic amines) is 1. The minimum atomic E-state index is -1.07. The van der Waals surface area contributed by atoms with Crippen LogP contribution in [-0.2, 0) is 44.6 Å². The van der Waals surface area contributed by atoms with E-state index in [4.69, 9.17) is 23.9 Å². The number of likely N-dealkylation sites (N-methyl/N-ethyl adjacent to an activating group) is 2. The first-order valence-electron chi connectivity index (χ1n) is 28.1. The van der Waals surface area contributed by atoms with E-state index in [1.807, 2.05) is 84.9 Å². The third-order valence-corrected chi connectivity index (χ3v) is 17.3. The highest BCUT2D eigenvalue weighted by Crippen LogP contribution is 2.45. The Bertz CT molecular complexity index is 2690. The van der Waals surface area contributed by atoms with E-state index in [9.17, 15) is 33.9 Å². The van der Waals surface area contributed by atoms with Crippen LogP contribution in [0.3, 0.4) is 0 Å². The molecule has 0 unspecified atom stereocenters. The summed E-state index contributed by atoms with van der Waals surface area (Å²) >= 11 is 1.52. The fourth-order valence-electron chi connectivity index (χ4n) is 10.8. The number of aliphatic imine (C=N–C) groups is 1. The second-order valence-corrected chi connectivity index (χ2v) is 24.0. The van der Waals surface area contributed by atoms with Crippen molar-refractivity contribution in [3.8, 4) is 16.9 Å². The lowest BCUT2D eigenvalue weighted by atomic mass is 9.81. The average Bonchev–Trinajstić information content (AvgIpc) is 4.25. The molecule has 0 bridgehead atoms. The largest absolute Gasteiger partial charge is 0.497 e. The molecule has 0 radical (unpaired) electrons. The summed E-state index contributed by atoms with van der Waals surface area (Å²) in [6, 6.07) is 19.4. The van der Waals surface area contributed by atoms with Crippen LogP contribution in [0.4, 0.5) is 4.79 Å².